The first-order chi connectivity index (χ1) is 7.66. The van der Waals surface area contributed by atoms with Gasteiger partial charge in [-0.2, -0.15) is 0 Å². The molecule has 5 nitrogen and oxygen atoms in total. The predicted molar refractivity (Wildman–Crippen MR) is 58.0 cm³/mol. The third-order valence-corrected chi connectivity index (χ3v) is 2.60. The standard InChI is InChI=1S/C10H10ClNO4/c11-9-5-7(12(13)14)1-2-10(9)16-8-3-4-15-6-8/h1-2,5,8H,3-4,6H2/t8-/m0/s1. The van der Waals surface area contributed by atoms with E-state index in [1.807, 2.05) is 0 Å². The van der Waals surface area contributed by atoms with E-state index in [0.717, 1.165) is 6.42 Å². The topological polar surface area (TPSA) is 61.6 Å². The average molecular weight is 244 g/mol. The van der Waals surface area contributed by atoms with Gasteiger partial charge in [0.1, 0.15) is 11.9 Å². The molecular weight excluding hydrogens is 234 g/mol. The number of halogens is 1. The molecule has 1 heterocycles. The van der Waals surface area contributed by atoms with Crippen molar-refractivity contribution in [2.75, 3.05) is 13.2 Å². The first-order valence-corrected chi connectivity index (χ1v) is 5.23. The van der Waals surface area contributed by atoms with Gasteiger partial charge in [0, 0.05) is 18.6 Å². The van der Waals surface area contributed by atoms with E-state index in [1.165, 1.54) is 18.2 Å². The van der Waals surface area contributed by atoms with Crippen LogP contribution in [0, 0.1) is 10.1 Å². The number of nitro groups is 1. The van der Waals surface area contributed by atoms with E-state index in [-0.39, 0.29) is 16.8 Å². The zero-order valence-electron chi connectivity index (χ0n) is 8.39. The van der Waals surface area contributed by atoms with Gasteiger partial charge in [0.15, 0.2) is 0 Å². The van der Waals surface area contributed by atoms with Gasteiger partial charge >= 0.3 is 0 Å². The molecule has 1 aliphatic heterocycles. The Kier molecular flexibility index (Phi) is 3.26. The lowest BCUT2D eigenvalue weighted by molar-refractivity contribution is -0.384. The van der Waals surface area contributed by atoms with Crippen LogP contribution in [0.3, 0.4) is 0 Å². The minimum Gasteiger partial charge on any atom is -0.486 e. The van der Waals surface area contributed by atoms with Gasteiger partial charge in [-0.1, -0.05) is 11.6 Å². The molecule has 0 amide bonds. The van der Waals surface area contributed by atoms with Crippen LogP contribution in [0.1, 0.15) is 6.42 Å². The number of nitrogens with zero attached hydrogens (tertiary/aromatic N) is 1. The number of ether oxygens (including phenoxy) is 2. The Hall–Kier alpha value is -1.33. The Labute approximate surface area is 97.1 Å². The minimum absolute atomic E-state index is 0.0149. The van der Waals surface area contributed by atoms with Gasteiger partial charge in [0.2, 0.25) is 0 Å². The van der Waals surface area contributed by atoms with E-state index in [2.05, 4.69) is 0 Å². The van der Waals surface area contributed by atoms with Crippen LogP contribution in [-0.4, -0.2) is 24.2 Å². The van der Waals surface area contributed by atoms with E-state index < -0.39 is 4.92 Å². The van der Waals surface area contributed by atoms with Crippen LogP contribution < -0.4 is 4.74 Å². The fraction of sp³-hybridized carbons (Fsp3) is 0.400. The Morgan fingerprint density at radius 3 is 2.94 bits per heavy atom. The molecule has 0 bridgehead atoms. The van der Waals surface area contributed by atoms with Crippen molar-refractivity contribution in [2.24, 2.45) is 0 Å². The molecule has 2 rings (SSSR count). The highest BCUT2D eigenvalue weighted by atomic mass is 35.5. The van der Waals surface area contributed by atoms with Crippen LogP contribution in [0.2, 0.25) is 5.02 Å². The fourth-order valence-corrected chi connectivity index (χ4v) is 1.70. The number of non-ortho nitro benzene ring substituents is 1. The molecule has 1 aromatic rings. The Morgan fingerprint density at radius 2 is 2.38 bits per heavy atom. The third-order valence-electron chi connectivity index (χ3n) is 2.31. The summed E-state index contributed by atoms with van der Waals surface area (Å²) in [6.07, 6.45) is 0.798. The van der Waals surface area contributed by atoms with E-state index in [4.69, 9.17) is 21.1 Å². The summed E-state index contributed by atoms with van der Waals surface area (Å²) in [5.41, 5.74) is -0.0416. The lowest BCUT2D eigenvalue weighted by Crippen LogP contribution is -2.15. The van der Waals surface area contributed by atoms with Gasteiger partial charge in [0.05, 0.1) is 23.2 Å². The summed E-state index contributed by atoms with van der Waals surface area (Å²) in [6.45, 7) is 1.21. The van der Waals surface area contributed by atoms with Crippen LogP contribution in [0.5, 0.6) is 5.75 Å². The fourth-order valence-electron chi connectivity index (χ4n) is 1.48. The van der Waals surface area contributed by atoms with Crippen molar-refractivity contribution >= 4 is 17.3 Å². The molecule has 0 aliphatic carbocycles. The quantitative estimate of drug-likeness (QED) is 0.604. The number of rotatable bonds is 3. The Balaban J connectivity index is 2.12. The second-order valence-corrected chi connectivity index (χ2v) is 3.88. The molecule has 0 N–H and O–H groups in total. The summed E-state index contributed by atoms with van der Waals surface area (Å²) in [6, 6.07) is 4.17. The maximum absolute atomic E-state index is 10.5. The summed E-state index contributed by atoms with van der Waals surface area (Å²) in [5.74, 6) is 0.461. The monoisotopic (exact) mass is 243 g/mol. The van der Waals surface area contributed by atoms with Crippen molar-refractivity contribution in [3.05, 3.63) is 33.3 Å². The molecule has 1 saturated heterocycles. The summed E-state index contributed by atoms with van der Waals surface area (Å²) >= 11 is 5.88. The minimum atomic E-state index is -0.492. The summed E-state index contributed by atoms with van der Waals surface area (Å²) < 4.78 is 10.7. The molecule has 1 aliphatic rings. The van der Waals surface area contributed by atoms with Gasteiger partial charge in [-0.3, -0.25) is 10.1 Å². The van der Waals surface area contributed by atoms with Crippen molar-refractivity contribution < 1.29 is 14.4 Å². The maximum atomic E-state index is 10.5. The Bertz CT molecular complexity index is 404. The van der Waals surface area contributed by atoms with Gasteiger partial charge in [0.25, 0.3) is 5.69 Å². The van der Waals surface area contributed by atoms with Crippen molar-refractivity contribution in [1.82, 2.24) is 0 Å². The number of benzene rings is 1. The molecule has 16 heavy (non-hydrogen) atoms. The first kappa shape index (κ1) is 11.2. The van der Waals surface area contributed by atoms with Gasteiger partial charge < -0.3 is 9.47 Å². The van der Waals surface area contributed by atoms with Crippen LogP contribution in [0.4, 0.5) is 5.69 Å². The summed E-state index contributed by atoms with van der Waals surface area (Å²) in [7, 11) is 0. The predicted octanol–water partition coefficient (Wildman–Crippen LogP) is 2.42. The van der Waals surface area contributed by atoms with Crippen molar-refractivity contribution in [1.29, 1.82) is 0 Å². The van der Waals surface area contributed by atoms with Crippen molar-refractivity contribution in [3.63, 3.8) is 0 Å². The van der Waals surface area contributed by atoms with Crippen LogP contribution in [-0.2, 0) is 4.74 Å². The lowest BCUT2D eigenvalue weighted by Gasteiger charge is -2.12. The van der Waals surface area contributed by atoms with Crippen LogP contribution in [0.15, 0.2) is 18.2 Å². The normalized spacial score (nSPS) is 19.7. The second kappa shape index (κ2) is 4.67. The summed E-state index contributed by atoms with van der Waals surface area (Å²) in [5, 5.41) is 10.7. The van der Waals surface area contributed by atoms with Crippen molar-refractivity contribution in [2.45, 2.75) is 12.5 Å². The van der Waals surface area contributed by atoms with E-state index in [1.54, 1.807) is 0 Å². The molecule has 0 spiro atoms. The van der Waals surface area contributed by atoms with Crippen LogP contribution >= 0.6 is 11.6 Å². The molecule has 86 valence electrons. The van der Waals surface area contributed by atoms with E-state index in [9.17, 15) is 10.1 Å². The first-order valence-electron chi connectivity index (χ1n) is 4.85. The second-order valence-electron chi connectivity index (χ2n) is 3.48. The summed E-state index contributed by atoms with van der Waals surface area (Å²) in [4.78, 5) is 10.0. The van der Waals surface area contributed by atoms with E-state index >= 15 is 0 Å². The molecular formula is C10H10ClNO4. The maximum Gasteiger partial charge on any atom is 0.271 e. The zero-order valence-corrected chi connectivity index (χ0v) is 9.14. The molecule has 1 aromatic carbocycles. The van der Waals surface area contributed by atoms with Gasteiger partial charge in [-0.25, -0.2) is 0 Å². The molecule has 6 heteroatoms. The number of nitro benzene ring substituents is 1. The SMILES string of the molecule is O=[N+]([O-])c1ccc(O[C@H]2CCOC2)c(Cl)c1. The highest BCUT2D eigenvalue weighted by Crippen LogP contribution is 2.30. The van der Waals surface area contributed by atoms with Gasteiger partial charge in [-0.05, 0) is 6.07 Å². The molecule has 0 saturated carbocycles. The molecule has 0 aromatic heterocycles. The Morgan fingerprint density at radius 1 is 1.56 bits per heavy atom. The molecule has 0 radical (unpaired) electrons. The smallest absolute Gasteiger partial charge is 0.271 e. The third kappa shape index (κ3) is 2.43. The highest BCUT2D eigenvalue weighted by Gasteiger charge is 2.19. The largest absolute Gasteiger partial charge is 0.486 e. The molecule has 0 unspecified atom stereocenters. The molecule has 1 fully saturated rings. The lowest BCUT2D eigenvalue weighted by atomic mass is 10.3. The van der Waals surface area contributed by atoms with Gasteiger partial charge in [-0.15, -0.1) is 0 Å². The van der Waals surface area contributed by atoms with E-state index in [0.29, 0.717) is 19.0 Å². The zero-order chi connectivity index (χ0) is 11.5. The number of hydrogen-bond donors (Lipinski definition) is 0. The number of hydrogen-bond acceptors (Lipinski definition) is 4. The molecule has 1 atom stereocenters. The van der Waals surface area contributed by atoms with Crippen LogP contribution in [0.25, 0.3) is 0 Å². The highest BCUT2D eigenvalue weighted by molar-refractivity contribution is 6.32. The average Bonchev–Trinajstić information content (AvgIpc) is 2.73. The van der Waals surface area contributed by atoms with Crippen molar-refractivity contribution in [3.8, 4) is 5.75 Å².